The fraction of sp³-hybridized carbons (Fsp3) is 0.316. The number of nitrogens with one attached hydrogen (secondary N) is 2. The van der Waals surface area contributed by atoms with Crippen molar-refractivity contribution in [2.75, 3.05) is 13.6 Å². The summed E-state index contributed by atoms with van der Waals surface area (Å²) < 4.78 is 26.7. The highest BCUT2D eigenvalue weighted by Crippen LogP contribution is 2.47. The summed E-state index contributed by atoms with van der Waals surface area (Å²) in [5.41, 5.74) is 1.78. The average molecular weight is 329 g/mol. The highest BCUT2D eigenvalue weighted by Gasteiger charge is 2.44. The molecule has 0 radical (unpaired) electrons. The maximum Gasteiger partial charge on any atom is 0.191 e. The van der Waals surface area contributed by atoms with E-state index in [-0.39, 0.29) is 17.0 Å². The fourth-order valence-electron chi connectivity index (χ4n) is 2.82. The molecule has 1 saturated carbocycles. The molecule has 3 rings (SSSR count). The van der Waals surface area contributed by atoms with E-state index < -0.39 is 0 Å². The van der Waals surface area contributed by atoms with Crippen LogP contribution in [0, 0.1) is 11.6 Å². The monoisotopic (exact) mass is 329 g/mol. The molecule has 1 fully saturated rings. The van der Waals surface area contributed by atoms with Gasteiger partial charge in [0.2, 0.25) is 0 Å². The molecule has 0 amide bonds. The summed E-state index contributed by atoms with van der Waals surface area (Å²) in [5, 5.41) is 6.42. The summed E-state index contributed by atoms with van der Waals surface area (Å²) in [6.07, 6.45) is 2.13. The first-order valence-electron chi connectivity index (χ1n) is 8.07. The Morgan fingerprint density at radius 2 is 1.75 bits per heavy atom. The van der Waals surface area contributed by atoms with E-state index in [0.29, 0.717) is 18.1 Å². The summed E-state index contributed by atoms with van der Waals surface area (Å²) in [6, 6.07) is 13.4. The molecule has 5 heteroatoms. The molecule has 0 spiro atoms. The fourth-order valence-corrected chi connectivity index (χ4v) is 2.82. The van der Waals surface area contributed by atoms with Gasteiger partial charge in [0.05, 0.1) is 0 Å². The highest BCUT2D eigenvalue weighted by atomic mass is 19.1. The Bertz CT molecular complexity index is 722. The molecule has 0 saturated heterocycles. The summed E-state index contributed by atoms with van der Waals surface area (Å²) >= 11 is 0. The van der Waals surface area contributed by atoms with E-state index in [2.05, 4.69) is 15.6 Å². The molecule has 1 aliphatic carbocycles. The summed E-state index contributed by atoms with van der Waals surface area (Å²) in [4.78, 5) is 4.18. The quantitative estimate of drug-likeness (QED) is 0.652. The normalized spacial score (nSPS) is 15.9. The zero-order chi connectivity index (χ0) is 17.0. The maximum atomic E-state index is 13.7. The molecular weight excluding hydrogens is 308 g/mol. The Morgan fingerprint density at radius 3 is 2.38 bits per heavy atom. The first-order chi connectivity index (χ1) is 11.6. The van der Waals surface area contributed by atoms with Crippen molar-refractivity contribution >= 4 is 5.96 Å². The predicted octanol–water partition coefficient (Wildman–Crippen LogP) is 3.36. The van der Waals surface area contributed by atoms with Crippen LogP contribution < -0.4 is 10.6 Å². The van der Waals surface area contributed by atoms with Gasteiger partial charge in [-0.25, -0.2) is 8.78 Å². The van der Waals surface area contributed by atoms with Crippen LogP contribution in [-0.4, -0.2) is 19.6 Å². The van der Waals surface area contributed by atoms with E-state index in [1.165, 1.54) is 18.2 Å². The molecule has 0 aliphatic heterocycles. The number of nitrogens with zero attached hydrogens (tertiary/aromatic N) is 1. The van der Waals surface area contributed by atoms with Gasteiger partial charge in [0.25, 0.3) is 0 Å². The van der Waals surface area contributed by atoms with Crippen LogP contribution in [0.25, 0.3) is 0 Å². The molecule has 0 heterocycles. The molecular formula is C19H21F2N3. The van der Waals surface area contributed by atoms with Gasteiger partial charge in [-0.05, 0) is 36.6 Å². The van der Waals surface area contributed by atoms with Gasteiger partial charge >= 0.3 is 0 Å². The van der Waals surface area contributed by atoms with Crippen LogP contribution >= 0.6 is 0 Å². The lowest BCUT2D eigenvalue weighted by Crippen LogP contribution is -2.41. The number of rotatable bonds is 5. The van der Waals surface area contributed by atoms with Gasteiger partial charge in [0.15, 0.2) is 5.96 Å². The molecule has 0 aromatic heterocycles. The molecule has 0 atom stereocenters. The van der Waals surface area contributed by atoms with E-state index in [9.17, 15) is 8.78 Å². The van der Waals surface area contributed by atoms with Crippen molar-refractivity contribution in [2.24, 2.45) is 4.99 Å². The molecule has 1 aliphatic rings. The van der Waals surface area contributed by atoms with Crippen LogP contribution in [-0.2, 0) is 12.0 Å². The van der Waals surface area contributed by atoms with Crippen LogP contribution in [0.3, 0.4) is 0 Å². The predicted molar refractivity (Wildman–Crippen MR) is 91.9 cm³/mol. The molecule has 0 unspecified atom stereocenters. The minimum atomic E-state index is -0.231. The third kappa shape index (κ3) is 3.72. The Labute approximate surface area is 140 Å². The van der Waals surface area contributed by atoms with E-state index in [4.69, 9.17) is 0 Å². The van der Waals surface area contributed by atoms with Crippen LogP contribution in [0.1, 0.15) is 24.0 Å². The number of benzene rings is 2. The molecule has 2 N–H and O–H groups in total. The number of guanidine groups is 1. The third-order valence-electron chi connectivity index (χ3n) is 4.53. The molecule has 24 heavy (non-hydrogen) atoms. The second kappa shape index (κ2) is 6.99. The van der Waals surface area contributed by atoms with Crippen LogP contribution in [0.5, 0.6) is 0 Å². The standard InChI is InChI=1S/C19H21F2N3/c1-22-18(23-12-14-4-2-3-5-17(14)21)24-13-19(10-11-19)15-6-8-16(20)9-7-15/h2-9H,10-13H2,1H3,(H2,22,23,24). The summed E-state index contributed by atoms with van der Waals surface area (Å²) in [6.45, 7) is 1.09. The lowest BCUT2D eigenvalue weighted by Gasteiger charge is -2.19. The molecule has 126 valence electrons. The zero-order valence-corrected chi connectivity index (χ0v) is 13.7. The minimum Gasteiger partial charge on any atom is -0.356 e. The zero-order valence-electron chi connectivity index (χ0n) is 13.7. The lowest BCUT2D eigenvalue weighted by atomic mass is 9.96. The lowest BCUT2D eigenvalue weighted by molar-refractivity contribution is 0.601. The van der Waals surface area contributed by atoms with Crippen molar-refractivity contribution in [1.29, 1.82) is 0 Å². The van der Waals surface area contributed by atoms with Crippen LogP contribution in [0.2, 0.25) is 0 Å². The molecule has 2 aromatic rings. The van der Waals surface area contributed by atoms with E-state index in [1.54, 1.807) is 19.2 Å². The van der Waals surface area contributed by atoms with Crippen molar-refractivity contribution < 1.29 is 8.78 Å². The summed E-state index contributed by atoms with van der Waals surface area (Å²) in [5.74, 6) is 0.182. The largest absolute Gasteiger partial charge is 0.356 e. The van der Waals surface area contributed by atoms with E-state index in [0.717, 1.165) is 24.9 Å². The average Bonchev–Trinajstić information content (AvgIpc) is 3.38. The molecule has 3 nitrogen and oxygen atoms in total. The van der Waals surface area contributed by atoms with E-state index in [1.807, 2.05) is 18.2 Å². The van der Waals surface area contributed by atoms with Gasteiger partial charge in [0, 0.05) is 31.1 Å². The van der Waals surface area contributed by atoms with Gasteiger partial charge in [-0.15, -0.1) is 0 Å². The van der Waals surface area contributed by atoms with Gasteiger partial charge in [-0.3, -0.25) is 4.99 Å². The molecule has 2 aromatic carbocycles. The van der Waals surface area contributed by atoms with Gasteiger partial charge < -0.3 is 10.6 Å². The Kier molecular flexibility index (Phi) is 4.79. The van der Waals surface area contributed by atoms with Gasteiger partial charge in [-0.2, -0.15) is 0 Å². The van der Waals surface area contributed by atoms with Crippen molar-refractivity contribution in [3.63, 3.8) is 0 Å². The smallest absolute Gasteiger partial charge is 0.191 e. The topological polar surface area (TPSA) is 36.4 Å². The van der Waals surface area contributed by atoms with Crippen molar-refractivity contribution in [1.82, 2.24) is 10.6 Å². The Hall–Kier alpha value is -2.43. The van der Waals surface area contributed by atoms with Crippen molar-refractivity contribution in [3.05, 3.63) is 71.3 Å². The van der Waals surface area contributed by atoms with Crippen molar-refractivity contribution in [3.8, 4) is 0 Å². The maximum absolute atomic E-state index is 13.7. The number of hydrogen-bond donors (Lipinski definition) is 2. The van der Waals surface area contributed by atoms with E-state index >= 15 is 0 Å². The first kappa shape index (κ1) is 16.4. The van der Waals surface area contributed by atoms with Crippen LogP contribution in [0.4, 0.5) is 8.78 Å². The summed E-state index contributed by atoms with van der Waals surface area (Å²) in [7, 11) is 1.69. The Morgan fingerprint density at radius 1 is 1.04 bits per heavy atom. The minimum absolute atomic E-state index is 0.0450. The van der Waals surface area contributed by atoms with Gasteiger partial charge in [0.1, 0.15) is 11.6 Å². The second-order valence-electron chi connectivity index (χ2n) is 6.16. The Balaban J connectivity index is 1.57. The van der Waals surface area contributed by atoms with Crippen LogP contribution in [0.15, 0.2) is 53.5 Å². The molecule has 0 bridgehead atoms. The SMILES string of the molecule is CN=C(NCc1ccccc1F)NCC1(c2ccc(F)cc2)CC1. The number of halogens is 2. The number of hydrogen-bond acceptors (Lipinski definition) is 1. The third-order valence-corrected chi connectivity index (χ3v) is 4.53. The second-order valence-corrected chi connectivity index (χ2v) is 6.16. The number of aliphatic imine (C=N–C) groups is 1. The van der Waals surface area contributed by atoms with Crippen molar-refractivity contribution in [2.45, 2.75) is 24.8 Å². The highest BCUT2D eigenvalue weighted by molar-refractivity contribution is 5.79. The van der Waals surface area contributed by atoms with Gasteiger partial charge in [-0.1, -0.05) is 30.3 Å². The first-order valence-corrected chi connectivity index (χ1v) is 8.07.